The Labute approximate surface area is 137 Å². The molecule has 23 heavy (non-hydrogen) atoms. The number of carboxylic acids is 1. The van der Waals surface area contributed by atoms with Gasteiger partial charge in [-0.2, -0.15) is 5.10 Å². The molecule has 122 valence electrons. The van der Waals surface area contributed by atoms with E-state index in [0.717, 1.165) is 0 Å². The molecule has 1 unspecified atom stereocenters. The van der Waals surface area contributed by atoms with Gasteiger partial charge in [-0.25, -0.2) is 4.79 Å². The van der Waals surface area contributed by atoms with E-state index in [1.165, 1.54) is 34.8 Å². The van der Waals surface area contributed by atoms with Crippen molar-refractivity contribution in [1.29, 1.82) is 0 Å². The Bertz CT molecular complexity index is 744. The third-order valence-corrected chi connectivity index (χ3v) is 3.75. The second-order valence-electron chi connectivity index (χ2n) is 5.08. The van der Waals surface area contributed by atoms with E-state index in [1.807, 2.05) is 0 Å². The van der Waals surface area contributed by atoms with Gasteiger partial charge in [0.15, 0.2) is 0 Å². The van der Waals surface area contributed by atoms with Gasteiger partial charge in [-0.05, 0) is 24.3 Å². The first-order chi connectivity index (χ1) is 10.8. The van der Waals surface area contributed by atoms with Crippen LogP contribution in [0.5, 0.6) is 0 Å². The van der Waals surface area contributed by atoms with Crippen molar-refractivity contribution in [1.82, 2.24) is 14.7 Å². The summed E-state index contributed by atoms with van der Waals surface area (Å²) in [7, 11) is 3.23. The summed E-state index contributed by atoms with van der Waals surface area (Å²) in [5, 5.41) is 23.1. The van der Waals surface area contributed by atoms with Crippen molar-refractivity contribution in [2.75, 3.05) is 13.6 Å². The summed E-state index contributed by atoms with van der Waals surface area (Å²) >= 11 is 5.99. The number of hydrogen-bond acceptors (Lipinski definition) is 4. The molecule has 0 aliphatic carbocycles. The number of hydrogen-bond donors (Lipinski definition) is 2. The molecular formula is C15H16ClN3O4. The molecule has 1 amide bonds. The van der Waals surface area contributed by atoms with Crippen molar-refractivity contribution in [3.8, 4) is 0 Å². The minimum Gasteiger partial charge on any atom is -0.478 e. The quantitative estimate of drug-likeness (QED) is 0.863. The number of carbonyl (C=O) groups is 2. The lowest BCUT2D eigenvalue weighted by Crippen LogP contribution is -2.32. The first-order valence-electron chi connectivity index (χ1n) is 6.75. The van der Waals surface area contributed by atoms with Crippen LogP contribution in [0.3, 0.4) is 0 Å². The highest BCUT2D eigenvalue weighted by atomic mass is 35.5. The number of aromatic nitrogens is 2. The minimum atomic E-state index is -1.12. The number of carbonyl (C=O) groups excluding carboxylic acids is 1. The Hall–Kier alpha value is -2.38. The van der Waals surface area contributed by atoms with E-state index in [-0.39, 0.29) is 22.7 Å². The first kappa shape index (κ1) is 17.0. The summed E-state index contributed by atoms with van der Waals surface area (Å²) in [6, 6.07) is 5.56. The number of aromatic carboxylic acids is 1. The number of aryl methyl sites for hydroxylation is 1. The number of halogens is 1. The molecule has 2 N–H and O–H groups in total. The van der Waals surface area contributed by atoms with Crippen LogP contribution in [-0.2, 0) is 7.05 Å². The number of aliphatic hydroxyl groups excluding tert-OH is 1. The predicted molar refractivity (Wildman–Crippen MR) is 83.5 cm³/mol. The Morgan fingerprint density at radius 1 is 1.39 bits per heavy atom. The summed E-state index contributed by atoms with van der Waals surface area (Å²) in [4.78, 5) is 24.6. The molecule has 0 aliphatic heterocycles. The maximum atomic E-state index is 12.4. The molecule has 0 spiro atoms. The summed E-state index contributed by atoms with van der Waals surface area (Å²) < 4.78 is 1.53. The molecule has 0 radical (unpaired) electrons. The van der Waals surface area contributed by atoms with Crippen LogP contribution < -0.4 is 0 Å². The van der Waals surface area contributed by atoms with Gasteiger partial charge >= 0.3 is 5.97 Å². The van der Waals surface area contributed by atoms with Crippen molar-refractivity contribution in [2.45, 2.75) is 6.10 Å². The summed E-state index contributed by atoms with van der Waals surface area (Å²) in [6.45, 7) is 0.0510. The Kier molecular flexibility index (Phi) is 5.02. The van der Waals surface area contributed by atoms with Crippen LogP contribution in [0.1, 0.15) is 32.5 Å². The molecule has 0 saturated heterocycles. The number of aliphatic hydroxyl groups is 1. The Morgan fingerprint density at radius 3 is 2.61 bits per heavy atom. The van der Waals surface area contributed by atoms with Crippen molar-refractivity contribution < 1.29 is 19.8 Å². The van der Waals surface area contributed by atoms with Crippen LogP contribution in [0, 0.1) is 0 Å². The lowest BCUT2D eigenvalue weighted by molar-refractivity contribution is 0.0666. The van der Waals surface area contributed by atoms with E-state index in [0.29, 0.717) is 5.69 Å². The highest BCUT2D eigenvalue weighted by Crippen LogP contribution is 2.21. The van der Waals surface area contributed by atoms with Gasteiger partial charge in [0.2, 0.25) is 0 Å². The van der Waals surface area contributed by atoms with Gasteiger partial charge in [0, 0.05) is 20.3 Å². The van der Waals surface area contributed by atoms with E-state index in [4.69, 9.17) is 16.7 Å². The molecule has 8 heteroatoms. The second-order valence-corrected chi connectivity index (χ2v) is 5.49. The van der Waals surface area contributed by atoms with E-state index >= 15 is 0 Å². The SMILES string of the molecule is CN(CC(O)c1ccnn1C)C(=O)c1ccc(C(=O)O)cc1Cl. The number of nitrogens with zero attached hydrogens (tertiary/aromatic N) is 3. The summed E-state index contributed by atoms with van der Waals surface area (Å²) in [6.07, 6.45) is 0.663. The van der Waals surface area contributed by atoms with Crippen LogP contribution in [0.15, 0.2) is 30.5 Å². The fraction of sp³-hybridized carbons (Fsp3) is 0.267. The number of rotatable bonds is 5. The number of amides is 1. The summed E-state index contributed by atoms with van der Waals surface area (Å²) in [5.74, 6) is -1.53. The van der Waals surface area contributed by atoms with Crippen LogP contribution in [0.2, 0.25) is 5.02 Å². The molecular weight excluding hydrogens is 322 g/mol. The second kappa shape index (κ2) is 6.80. The molecule has 0 fully saturated rings. The molecule has 2 aromatic rings. The smallest absolute Gasteiger partial charge is 0.335 e. The van der Waals surface area contributed by atoms with Gasteiger partial charge in [-0.3, -0.25) is 9.48 Å². The molecule has 0 aliphatic rings. The van der Waals surface area contributed by atoms with Crippen LogP contribution in [0.4, 0.5) is 0 Å². The summed E-state index contributed by atoms with van der Waals surface area (Å²) in [5.41, 5.74) is 0.762. The van der Waals surface area contributed by atoms with Gasteiger partial charge in [0.05, 0.1) is 28.4 Å². The average molecular weight is 338 g/mol. The average Bonchev–Trinajstić information content (AvgIpc) is 2.92. The fourth-order valence-electron chi connectivity index (χ4n) is 2.17. The highest BCUT2D eigenvalue weighted by Gasteiger charge is 2.21. The lowest BCUT2D eigenvalue weighted by Gasteiger charge is -2.21. The standard InChI is InChI=1S/C15H16ClN3O4/c1-18(8-13(20)12-5-6-17-19(12)2)14(21)10-4-3-9(15(22)23)7-11(10)16/h3-7,13,20H,8H2,1-2H3,(H,22,23). The van der Waals surface area contributed by atoms with E-state index < -0.39 is 18.0 Å². The maximum Gasteiger partial charge on any atom is 0.335 e. The van der Waals surface area contributed by atoms with Gasteiger partial charge in [0.1, 0.15) is 6.10 Å². The third-order valence-electron chi connectivity index (χ3n) is 3.44. The first-order valence-corrected chi connectivity index (χ1v) is 7.13. The van der Waals surface area contributed by atoms with Crippen molar-refractivity contribution >= 4 is 23.5 Å². The van der Waals surface area contributed by atoms with Crippen molar-refractivity contribution in [3.05, 3.63) is 52.3 Å². The van der Waals surface area contributed by atoms with Crippen molar-refractivity contribution in [2.24, 2.45) is 7.05 Å². The lowest BCUT2D eigenvalue weighted by atomic mass is 10.1. The normalized spacial score (nSPS) is 12.0. The zero-order valence-electron chi connectivity index (χ0n) is 12.6. The molecule has 7 nitrogen and oxygen atoms in total. The number of benzene rings is 1. The van der Waals surface area contributed by atoms with Crippen LogP contribution >= 0.6 is 11.6 Å². The number of likely N-dealkylation sites (N-methyl/N-ethyl adjacent to an activating group) is 1. The molecule has 1 heterocycles. The fourth-order valence-corrected chi connectivity index (χ4v) is 2.44. The molecule has 0 bridgehead atoms. The van der Waals surface area contributed by atoms with Gasteiger partial charge in [-0.1, -0.05) is 11.6 Å². The zero-order chi connectivity index (χ0) is 17.1. The van der Waals surface area contributed by atoms with Crippen LogP contribution in [0.25, 0.3) is 0 Å². The van der Waals surface area contributed by atoms with E-state index in [9.17, 15) is 14.7 Å². The Morgan fingerprint density at radius 2 is 2.09 bits per heavy atom. The monoisotopic (exact) mass is 337 g/mol. The van der Waals surface area contributed by atoms with Gasteiger partial charge < -0.3 is 15.1 Å². The van der Waals surface area contributed by atoms with Crippen LogP contribution in [-0.4, -0.2) is 50.4 Å². The predicted octanol–water partition coefficient (Wildman–Crippen LogP) is 1.58. The maximum absolute atomic E-state index is 12.4. The topological polar surface area (TPSA) is 95.7 Å². The van der Waals surface area contributed by atoms with Gasteiger partial charge in [-0.15, -0.1) is 0 Å². The largest absolute Gasteiger partial charge is 0.478 e. The molecule has 1 aromatic heterocycles. The van der Waals surface area contributed by atoms with E-state index in [1.54, 1.807) is 19.3 Å². The third kappa shape index (κ3) is 3.69. The molecule has 1 aromatic carbocycles. The van der Waals surface area contributed by atoms with Gasteiger partial charge in [0.25, 0.3) is 5.91 Å². The molecule has 0 saturated carbocycles. The number of carboxylic acid groups (broad SMARTS) is 1. The molecule has 2 rings (SSSR count). The highest BCUT2D eigenvalue weighted by molar-refractivity contribution is 6.34. The zero-order valence-corrected chi connectivity index (χ0v) is 13.4. The Balaban J connectivity index is 2.14. The molecule has 1 atom stereocenters. The van der Waals surface area contributed by atoms with Crippen molar-refractivity contribution in [3.63, 3.8) is 0 Å². The minimum absolute atomic E-state index is 0.00382. The van der Waals surface area contributed by atoms with E-state index in [2.05, 4.69) is 5.10 Å².